The Morgan fingerprint density at radius 1 is 1.04 bits per heavy atom. The Hall–Kier alpha value is -2.70. The monoisotopic (exact) mass is 383 g/mol. The van der Waals surface area contributed by atoms with E-state index in [1.54, 1.807) is 24.4 Å². The van der Waals surface area contributed by atoms with Crippen molar-refractivity contribution in [2.45, 2.75) is 19.8 Å². The number of hydrogen-bond acceptors (Lipinski definition) is 5. The van der Waals surface area contributed by atoms with E-state index in [4.69, 9.17) is 0 Å². The van der Waals surface area contributed by atoms with Gasteiger partial charge in [0, 0.05) is 51.2 Å². The van der Waals surface area contributed by atoms with Crippen molar-refractivity contribution >= 4 is 17.5 Å². The number of carbonyl (C=O) groups is 1. The van der Waals surface area contributed by atoms with Crippen LogP contribution in [-0.2, 0) is 0 Å². The van der Waals surface area contributed by atoms with E-state index in [0.717, 1.165) is 38.3 Å². The highest BCUT2D eigenvalue weighted by molar-refractivity contribution is 5.92. The van der Waals surface area contributed by atoms with Crippen LogP contribution in [0.3, 0.4) is 0 Å². The zero-order valence-electron chi connectivity index (χ0n) is 16.2. The van der Waals surface area contributed by atoms with Crippen molar-refractivity contribution in [2.75, 3.05) is 49.1 Å². The van der Waals surface area contributed by atoms with Crippen molar-refractivity contribution in [3.63, 3.8) is 0 Å². The van der Waals surface area contributed by atoms with E-state index in [2.05, 4.69) is 26.7 Å². The number of piperidine rings is 1. The van der Waals surface area contributed by atoms with Crippen LogP contribution in [0.4, 0.5) is 16.0 Å². The topological polar surface area (TPSA) is 52.6 Å². The molecule has 6 nitrogen and oxygen atoms in total. The number of nitrogens with zero attached hydrogens (tertiary/aromatic N) is 5. The van der Waals surface area contributed by atoms with Crippen LogP contribution in [-0.4, -0.2) is 60.0 Å². The molecule has 1 aromatic carbocycles. The Morgan fingerprint density at radius 3 is 2.50 bits per heavy atom. The molecule has 1 amide bonds. The molecule has 2 aliphatic heterocycles. The standard InChI is InChI=1S/C21H26FN5O/c1-16-3-2-10-27(15-16)21-23-9-8-19(24-21)20(28)26-13-11-25(12-14-26)18-6-4-17(22)5-7-18/h4-9,16H,2-3,10-15H2,1H3. The van der Waals surface area contributed by atoms with Crippen molar-refractivity contribution in [1.82, 2.24) is 14.9 Å². The van der Waals surface area contributed by atoms with Gasteiger partial charge in [0.1, 0.15) is 11.5 Å². The fourth-order valence-electron chi connectivity index (χ4n) is 3.97. The van der Waals surface area contributed by atoms with Crippen molar-refractivity contribution in [3.8, 4) is 0 Å². The average Bonchev–Trinajstić information content (AvgIpc) is 2.74. The predicted molar refractivity (Wildman–Crippen MR) is 107 cm³/mol. The Labute approximate surface area is 165 Å². The molecule has 4 rings (SSSR count). The Bertz CT molecular complexity index is 820. The summed E-state index contributed by atoms with van der Waals surface area (Å²) >= 11 is 0. The van der Waals surface area contributed by atoms with E-state index in [9.17, 15) is 9.18 Å². The molecule has 0 aliphatic carbocycles. The lowest BCUT2D eigenvalue weighted by molar-refractivity contribution is 0.0740. The first-order valence-electron chi connectivity index (χ1n) is 9.98. The van der Waals surface area contributed by atoms with Gasteiger partial charge in [0.25, 0.3) is 5.91 Å². The first-order valence-corrected chi connectivity index (χ1v) is 9.98. The number of benzene rings is 1. The summed E-state index contributed by atoms with van der Waals surface area (Å²) in [5.41, 5.74) is 1.44. The number of amides is 1. The van der Waals surface area contributed by atoms with E-state index in [-0.39, 0.29) is 11.7 Å². The Morgan fingerprint density at radius 2 is 1.79 bits per heavy atom. The quantitative estimate of drug-likeness (QED) is 0.816. The number of aromatic nitrogens is 2. The van der Waals surface area contributed by atoms with Gasteiger partial charge in [0.2, 0.25) is 5.95 Å². The van der Waals surface area contributed by atoms with E-state index >= 15 is 0 Å². The van der Waals surface area contributed by atoms with Gasteiger partial charge < -0.3 is 14.7 Å². The molecule has 2 fully saturated rings. The second kappa shape index (κ2) is 8.12. The third kappa shape index (κ3) is 4.08. The molecule has 1 aromatic heterocycles. The lowest BCUT2D eigenvalue weighted by atomic mass is 10.0. The number of carbonyl (C=O) groups excluding carboxylic acids is 1. The molecular weight excluding hydrogens is 357 g/mol. The molecule has 3 heterocycles. The van der Waals surface area contributed by atoms with Crippen molar-refractivity contribution in [1.29, 1.82) is 0 Å². The molecule has 0 spiro atoms. The Kier molecular flexibility index (Phi) is 5.41. The SMILES string of the molecule is CC1CCCN(c2nccc(C(=O)N3CCN(c4ccc(F)cc4)CC3)n2)C1. The lowest BCUT2D eigenvalue weighted by Gasteiger charge is -2.36. The van der Waals surface area contributed by atoms with Gasteiger partial charge in [0.05, 0.1) is 0 Å². The zero-order valence-corrected chi connectivity index (χ0v) is 16.2. The smallest absolute Gasteiger partial charge is 0.272 e. The third-order valence-corrected chi connectivity index (χ3v) is 5.56. The average molecular weight is 383 g/mol. The van der Waals surface area contributed by atoms with Crippen LogP contribution in [0, 0.1) is 11.7 Å². The second-order valence-electron chi connectivity index (χ2n) is 7.69. The predicted octanol–water partition coefficient (Wildman–Crippen LogP) is 2.81. The van der Waals surface area contributed by atoms with Gasteiger partial charge in [-0.3, -0.25) is 4.79 Å². The lowest BCUT2D eigenvalue weighted by Crippen LogP contribution is -2.49. The number of halogens is 1. The molecule has 2 aliphatic rings. The molecule has 0 bridgehead atoms. The van der Waals surface area contributed by atoms with Gasteiger partial charge >= 0.3 is 0 Å². The van der Waals surface area contributed by atoms with Crippen molar-refractivity contribution in [3.05, 3.63) is 48.0 Å². The number of anilines is 2. The van der Waals surface area contributed by atoms with Crippen LogP contribution in [0.1, 0.15) is 30.3 Å². The maximum atomic E-state index is 13.1. The normalized spacial score (nSPS) is 20.4. The molecular formula is C21H26FN5O. The van der Waals surface area contributed by atoms with Gasteiger partial charge in [-0.1, -0.05) is 6.92 Å². The third-order valence-electron chi connectivity index (χ3n) is 5.56. The first-order chi connectivity index (χ1) is 13.6. The number of rotatable bonds is 3. The van der Waals surface area contributed by atoms with Crippen LogP contribution in [0.5, 0.6) is 0 Å². The highest BCUT2D eigenvalue weighted by Gasteiger charge is 2.25. The molecule has 0 radical (unpaired) electrons. The first kappa shape index (κ1) is 18.7. The summed E-state index contributed by atoms with van der Waals surface area (Å²) in [7, 11) is 0. The number of hydrogen-bond donors (Lipinski definition) is 0. The highest BCUT2D eigenvalue weighted by Crippen LogP contribution is 2.21. The molecule has 7 heteroatoms. The van der Waals surface area contributed by atoms with Crippen LogP contribution in [0.2, 0.25) is 0 Å². The fourth-order valence-corrected chi connectivity index (χ4v) is 3.97. The number of piperazine rings is 1. The minimum atomic E-state index is -0.236. The largest absolute Gasteiger partial charge is 0.368 e. The molecule has 2 aromatic rings. The van der Waals surface area contributed by atoms with Gasteiger partial charge in [-0.15, -0.1) is 0 Å². The summed E-state index contributed by atoms with van der Waals surface area (Å²) in [4.78, 5) is 28.1. The van der Waals surface area contributed by atoms with E-state index < -0.39 is 0 Å². The molecule has 2 saturated heterocycles. The molecule has 148 valence electrons. The minimum Gasteiger partial charge on any atom is -0.368 e. The second-order valence-corrected chi connectivity index (χ2v) is 7.69. The molecule has 28 heavy (non-hydrogen) atoms. The van der Waals surface area contributed by atoms with E-state index in [1.165, 1.54) is 18.6 Å². The fraction of sp³-hybridized carbons (Fsp3) is 0.476. The summed E-state index contributed by atoms with van der Waals surface area (Å²) < 4.78 is 13.1. The minimum absolute atomic E-state index is 0.0486. The van der Waals surface area contributed by atoms with Crippen LogP contribution in [0.25, 0.3) is 0 Å². The summed E-state index contributed by atoms with van der Waals surface area (Å²) in [6, 6.07) is 8.20. The van der Waals surface area contributed by atoms with Crippen LogP contribution >= 0.6 is 0 Å². The van der Waals surface area contributed by atoms with Crippen LogP contribution in [0.15, 0.2) is 36.5 Å². The molecule has 1 unspecified atom stereocenters. The summed E-state index contributed by atoms with van der Waals surface area (Å²) in [5, 5.41) is 0. The maximum absolute atomic E-state index is 13.1. The summed E-state index contributed by atoms with van der Waals surface area (Å²) in [5.74, 6) is 0.992. The van der Waals surface area contributed by atoms with Crippen molar-refractivity contribution < 1.29 is 9.18 Å². The summed E-state index contributed by atoms with van der Waals surface area (Å²) in [6.07, 6.45) is 4.05. The summed E-state index contributed by atoms with van der Waals surface area (Å²) in [6.45, 7) is 6.80. The van der Waals surface area contributed by atoms with Gasteiger partial charge in [-0.2, -0.15) is 0 Å². The highest BCUT2D eigenvalue weighted by atomic mass is 19.1. The molecule has 0 N–H and O–H groups in total. The Balaban J connectivity index is 1.40. The van der Waals surface area contributed by atoms with Gasteiger partial charge in [0.15, 0.2) is 0 Å². The molecule has 1 atom stereocenters. The molecule has 0 saturated carbocycles. The van der Waals surface area contributed by atoms with Gasteiger partial charge in [-0.05, 0) is 49.1 Å². The van der Waals surface area contributed by atoms with Crippen LogP contribution < -0.4 is 9.80 Å². The van der Waals surface area contributed by atoms with E-state index in [1.807, 2.05) is 4.90 Å². The van der Waals surface area contributed by atoms with Crippen molar-refractivity contribution in [2.24, 2.45) is 5.92 Å². The maximum Gasteiger partial charge on any atom is 0.272 e. The zero-order chi connectivity index (χ0) is 19.5. The van der Waals surface area contributed by atoms with E-state index in [0.29, 0.717) is 30.6 Å². The van der Waals surface area contributed by atoms with Gasteiger partial charge in [-0.25, -0.2) is 14.4 Å².